The van der Waals surface area contributed by atoms with Gasteiger partial charge in [0.05, 0.1) is 5.69 Å². The fraction of sp³-hybridized carbons (Fsp3) is 0.733. The highest BCUT2D eigenvalue weighted by Gasteiger charge is 2.29. The third-order valence-electron chi connectivity index (χ3n) is 3.64. The molecule has 21 heavy (non-hydrogen) atoms. The van der Waals surface area contributed by atoms with Crippen LogP contribution < -0.4 is 5.32 Å². The number of nitrogens with zero attached hydrogens (tertiary/aromatic N) is 1. The summed E-state index contributed by atoms with van der Waals surface area (Å²) in [7, 11) is 0. The third kappa shape index (κ3) is 4.68. The molecule has 0 aromatic carbocycles. The van der Waals surface area contributed by atoms with Crippen LogP contribution in [0.3, 0.4) is 0 Å². The first-order valence-electron chi connectivity index (χ1n) is 7.76. The SMILES string of the molecule is CCCCOCCCNc1nc2c(s1)CCCC2C(=O)O. The summed E-state index contributed by atoms with van der Waals surface area (Å²) in [4.78, 5) is 16.9. The number of aromatic nitrogens is 1. The summed E-state index contributed by atoms with van der Waals surface area (Å²) in [5.41, 5.74) is 0.778. The number of thiazole rings is 1. The molecule has 0 saturated carbocycles. The second-order valence-corrected chi connectivity index (χ2v) is 6.44. The first-order chi connectivity index (χ1) is 10.2. The number of carbonyl (C=O) groups is 1. The standard InChI is InChI=1S/C15H24N2O3S/c1-2-3-9-20-10-5-8-16-15-17-13-11(14(18)19)6-4-7-12(13)21-15/h11H,2-10H2,1H3,(H,16,17)(H,18,19). The number of hydrogen-bond acceptors (Lipinski definition) is 5. The maximum absolute atomic E-state index is 11.2. The van der Waals surface area contributed by atoms with Crippen LogP contribution in [-0.4, -0.2) is 35.8 Å². The summed E-state index contributed by atoms with van der Waals surface area (Å²) in [5, 5.41) is 13.4. The lowest BCUT2D eigenvalue weighted by atomic mass is 9.91. The molecule has 0 amide bonds. The molecule has 1 atom stereocenters. The van der Waals surface area contributed by atoms with Crippen molar-refractivity contribution in [3.63, 3.8) is 0 Å². The van der Waals surface area contributed by atoms with Crippen LogP contribution in [0.25, 0.3) is 0 Å². The summed E-state index contributed by atoms with van der Waals surface area (Å²) >= 11 is 1.60. The monoisotopic (exact) mass is 312 g/mol. The van der Waals surface area contributed by atoms with Crippen molar-refractivity contribution in [2.24, 2.45) is 0 Å². The largest absolute Gasteiger partial charge is 0.481 e. The van der Waals surface area contributed by atoms with Crippen LogP contribution >= 0.6 is 11.3 Å². The molecule has 0 radical (unpaired) electrons. The number of unbranched alkanes of at least 4 members (excludes halogenated alkanes) is 1. The van der Waals surface area contributed by atoms with Gasteiger partial charge in [-0.05, 0) is 32.1 Å². The quantitative estimate of drug-likeness (QED) is 0.685. The molecule has 2 rings (SSSR count). The van der Waals surface area contributed by atoms with Crippen molar-refractivity contribution < 1.29 is 14.6 Å². The Labute approximate surface area is 129 Å². The van der Waals surface area contributed by atoms with Crippen LogP contribution in [0.5, 0.6) is 0 Å². The zero-order valence-electron chi connectivity index (χ0n) is 12.6. The fourth-order valence-electron chi connectivity index (χ4n) is 2.45. The van der Waals surface area contributed by atoms with Crippen LogP contribution in [0, 0.1) is 0 Å². The Balaban J connectivity index is 1.76. The lowest BCUT2D eigenvalue weighted by Gasteiger charge is -2.16. The Morgan fingerprint density at radius 1 is 1.48 bits per heavy atom. The molecule has 0 fully saturated rings. The van der Waals surface area contributed by atoms with Gasteiger partial charge in [-0.2, -0.15) is 0 Å². The lowest BCUT2D eigenvalue weighted by Crippen LogP contribution is -2.17. The first-order valence-corrected chi connectivity index (χ1v) is 8.58. The highest BCUT2D eigenvalue weighted by atomic mass is 32.1. The number of nitrogens with one attached hydrogen (secondary N) is 1. The molecular weight excluding hydrogens is 288 g/mol. The molecule has 5 nitrogen and oxygen atoms in total. The molecule has 0 bridgehead atoms. The predicted molar refractivity (Wildman–Crippen MR) is 84.3 cm³/mol. The van der Waals surface area contributed by atoms with Crippen molar-refractivity contribution in [2.45, 2.75) is 51.4 Å². The molecule has 1 aliphatic carbocycles. The molecule has 118 valence electrons. The first kappa shape index (κ1) is 16.2. The van der Waals surface area contributed by atoms with Gasteiger partial charge in [0.2, 0.25) is 0 Å². The molecular formula is C15H24N2O3S. The number of carboxylic acids is 1. The van der Waals surface area contributed by atoms with E-state index in [9.17, 15) is 9.90 Å². The zero-order valence-corrected chi connectivity index (χ0v) is 13.4. The minimum Gasteiger partial charge on any atom is -0.481 e. The Kier molecular flexibility index (Phi) is 6.45. The van der Waals surface area contributed by atoms with Gasteiger partial charge >= 0.3 is 5.97 Å². The van der Waals surface area contributed by atoms with E-state index in [2.05, 4.69) is 17.2 Å². The van der Waals surface area contributed by atoms with Gasteiger partial charge in [-0.1, -0.05) is 13.3 Å². The summed E-state index contributed by atoms with van der Waals surface area (Å²) in [6.45, 7) is 4.56. The number of rotatable bonds is 9. The summed E-state index contributed by atoms with van der Waals surface area (Å²) in [6, 6.07) is 0. The average molecular weight is 312 g/mol. The van der Waals surface area contributed by atoms with Crippen LogP contribution in [0.1, 0.15) is 55.5 Å². The fourth-order valence-corrected chi connectivity index (χ4v) is 3.54. The van der Waals surface area contributed by atoms with Gasteiger partial charge in [0.25, 0.3) is 0 Å². The molecule has 0 aliphatic heterocycles. The zero-order chi connectivity index (χ0) is 15.1. The van der Waals surface area contributed by atoms with Gasteiger partial charge in [0.1, 0.15) is 5.92 Å². The predicted octanol–water partition coefficient (Wildman–Crippen LogP) is 3.27. The van der Waals surface area contributed by atoms with Crippen LogP contribution in [-0.2, 0) is 16.0 Å². The summed E-state index contributed by atoms with van der Waals surface area (Å²) in [6.07, 6.45) is 5.82. The summed E-state index contributed by atoms with van der Waals surface area (Å²) < 4.78 is 5.51. The number of ether oxygens (including phenoxy) is 1. The number of hydrogen-bond donors (Lipinski definition) is 2. The number of anilines is 1. The van der Waals surface area contributed by atoms with E-state index in [1.807, 2.05) is 0 Å². The highest BCUT2D eigenvalue weighted by Crippen LogP contribution is 2.36. The van der Waals surface area contributed by atoms with E-state index < -0.39 is 11.9 Å². The molecule has 1 aromatic rings. The lowest BCUT2D eigenvalue weighted by molar-refractivity contribution is -0.139. The molecule has 1 aromatic heterocycles. The molecule has 0 spiro atoms. The second-order valence-electron chi connectivity index (χ2n) is 5.36. The van der Waals surface area contributed by atoms with Gasteiger partial charge in [-0.25, -0.2) is 4.98 Å². The maximum atomic E-state index is 11.2. The van der Waals surface area contributed by atoms with Gasteiger partial charge in [-0.15, -0.1) is 11.3 Å². The van der Waals surface area contributed by atoms with E-state index in [1.54, 1.807) is 11.3 Å². The van der Waals surface area contributed by atoms with Crippen molar-refractivity contribution in [3.05, 3.63) is 10.6 Å². The average Bonchev–Trinajstić information content (AvgIpc) is 2.88. The van der Waals surface area contributed by atoms with Gasteiger partial charge in [0, 0.05) is 24.6 Å². The van der Waals surface area contributed by atoms with Crippen LogP contribution in [0.4, 0.5) is 5.13 Å². The maximum Gasteiger partial charge on any atom is 0.312 e. The Morgan fingerprint density at radius 3 is 3.05 bits per heavy atom. The molecule has 0 saturated heterocycles. The topological polar surface area (TPSA) is 71.5 Å². The minimum absolute atomic E-state index is 0.419. The molecule has 1 heterocycles. The third-order valence-corrected chi connectivity index (χ3v) is 4.72. The van der Waals surface area contributed by atoms with Crippen molar-refractivity contribution in [2.75, 3.05) is 25.1 Å². The van der Waals surface area contributed by atoms with Gasteiger partial charge in [0.15, 0.2) is 5.13 Å². The van der Waals surface area contributed by atoms with Gasteiger partial charge < -0.3 is 15.2 Å². The second kappa shape index (κ2) is 8.34. The normalized spacial score (nSPS) is 17.5. The minimum atomic E-state index is -0.753. The van der Waals surface area contributed by atoms with Crippen molar-refractivity contribution in [1.82, 2.24) is 4.98 Å². The number of aliphatic carboxylic acids is 1. The van der Waals surface area contributed by atoms with E-state index in [-0.39, 0.29) is 0 Å². The van der Waals surface area contributed by atoms with Crippen molar-refractivity contribution in [3.8, 4) is 0 Å². The van der Waals surface area contributed by atoms with E-state index in [0.29, 0.717) is 6.42 Å². The van der Waals surface area contributed by atoms with Crippen LogP contribution in [0.2, 0.25) is 0 Å². The number of fused-ring (bicyclic) bond motifs is 1. The smallest absolute Gasteiger partial charge is 0.312 e. The van der Waals surface area contributed by atoms with E-state index in [1.165, 1.54) is 0 Å². The highest BCUT2D eigenvalue weighted by molar-refractivity contribution is 7.15. The Morgan fingerprint density at radius 2 is 2.29 bits per heavy atom. The summed E-state index contributed by atoms with van der Waals surface area (Å²) in [5.74, 6) is -1.17. The Bertz CT molecular complexity index is 462. The molecule has 1 aliphatic rings. The van der Waals surface area contributed by atoms with E-state index >= 15 is 0 Å². The van der Waals surface area contributed by atoms with Crippen LogP contribution in [0.15, 0.2) is 0 Å². The van der Waals surface area contributed by atoms with Crippen molar-refractivity contribution in [1.29, 1.82) is 0 Å². The van der Waals surface area contributed by atoms with Crippen molar-refractivity contribution >= 4 is 22.4 Å². The van der Waals surface area contributed by atoms with Gasteiger partial charge in [-0.3, -0.25) is 4.79 Å². The number of aryl methyl sites for hydroxylation is 1. The molecule has 1 unspecified atom stereocenters. The molecule has 2 N–H and O–H groups in total. The Hall–Kier alpha value is -1.14. The van der Waals surface area contributed by atoms with E-state index in [0.717, 1.165) is 67.6 Å². The van der Waals surface area contributed by atoms with E-state index in [4.69, 9.17) is 4.74 Å². The molecule has 6 heteroatoms. The number of carboxylic acid groups (broad SMARTS) is 1.